The monoisotopic (exact) mass is 381 g/mol. The molecule has 4 nitrogen and oxygen atoms in total. The summed E-state index contributed by atoms with van der Waals surface area (Å²) in [6, 6.07) is 15.5. The van der Waals surface area contributed by atoms with Crippen molar-refractivity contribution >= 4 is 22.9 Å². The SMILES string of the molecule is CCOc1ccccc1OCc1csc(C(=O)Nc2cc(C)ccc2C)c1. The summed E-state index contributed by atoms with van der Waals surface area (Å²) in [4.78, 5) is 13.2. The zero-order valence-electron chi connectivity index (χ0n) is 15.7. The molecule has 0 spiro atoms. The molecule has 0 fully saturated rings. The van der Waals surface area contributed by atoms with E-state index in [0.29, 0.717) is 23.8 Å². The number of aryl methyl sites for hydroxylation is 2. The molecule has 0 atom stereocenters. The van der Waals surface area contributed by atoms with Crippen molar-refractivity contribution in [1.82, 2.24) is 0 Å². The third-order valence-electron chi connectivity index (χ3n) is 4.06. The van der Waals surface area contributed by atoms with Crippen molar-refractivity contribution in [3.63, 3.8) is 0 Å². The number of thiophene rings is 1. The largest absolute Gasteiger partial charge is 0.490 e. The number of benzene rings is 2. The molecule has 0 aliphatic rings. The highest BCUT2D eigenvalue weighted by molar-refractivity contribution is 7.12. The molecule has 0 bridgehead atoms. The summed E-state index contributed by atoms with van der Waals surface area (Å²) in [5.74, 6) is 1.32. The highest BCUT2D eigenvalue weighted by atomic mass is 32.1. The van der Waals surface area contributed by atoms with E-state index in [1.807, 2.05) is 74.7 Å². The topological polar surface area (TPSA) is 47.6 Å². The van der Waals surface area contributed by atoms with Crippen molar-refractivity contribution in [2.75, 3.05) is 11.9 Å². The maximum Gasteiger partial charge on any atom is 0.265 e. The van der Waals surface area contributed by atoms with Gasteiger partial charge in [-0.25, -0.2) is 0 Å². The number of para-hydroxylation sites is 2. The van der Waals surface area contributed by atoms with Crippen LogP contribution in [-0.2, 0) is 6.61 Å². The van der Waals surface area contributed by atoms with Gasteiger partial charge in [-0.2, -0.15) is 0 Å². The van der Waals surface area contributed by atoms with Gasteiger partial charge in [0.2, 0.25) is 0 Å². The van der Waals surface area contributed by atoms with E-state index < -0.39 is 0 Å². The first kappa shape index (κ1) is 19.0. The standard InChI is InChI=1S/C22H23NO3S/c1-4-25-19-7-5-6-8-20(19)26-13-17-12-21(27-14-17)22(24)23-18-11-15(2)9-10-16(18)3/h5-12,14H,4,13H2,1-3H3,(H,23,24). The first-order valence-electron chi connectivity index (χ1n) is 8.87. The van der Waals surface area contributed by atoms with Crippen molar-refractivity contribution in [1.29, 1.82) is 0 Å². The Morgan fingerprint density at radius 1 is 1.04 bits per heavy atom. The van der Waals surface area contributed by atoms with E-state index in [2.05, 4.69) is 5.32 Å². The van der Waals surface area contributed by atoms with Crippen LogP contribution >= 0.6 is 11.3 Å². The summed E-state index contributed by atoms with van der Waals surface area (Å²) in [6.45, 7) is 6.91. The second-order valence-electron chi connectivity index (χ2n) is 6.26. The Balaban J connectivity index is 1.64. The second-order valence-corrected chi connectivity index (χ2v) is 7.17. The number of hydrogen-bond acceptors (Lipinski definition) is 4. The highest BCUT2D eigenvalue weighted by Crippen LogP contribution is 2.28. The third-order valence-corrected chi connectivity index (χ3v) is 5.04. The van der Waals surface area contributed by atoms with Crippen LogP contribution in [0.4, 0.5) is 5.69 Å². The van der Waals surface area contributed by atoms with Gasteiger partial charge in [-0.3, -0.25) is 4.79 Å². The Kier molecular flexibility index (Phi) is 6.14. The summed E-state index contributed by atoms with van der Waals surface area (Å²) in [5, 5.41) is 4.94. The van der Waals surface area contributed by atoms with Gasteiger partial charge in [0.15, 0.2) is 11.5 Å². The molecule has 3 rings (SSSR count). The molecule has 0 saturated heterocycles. The van der Waals surface area contributed by atoms with Crippen molar-refractivity contribution in [2.45, 2.75) is 27.4 Å². The van der Waals surface area contributed by atoms with Gasteiger partial charge in [0.05, 0.1) is 11.5 Å². The van der Waals surface area contributed by atoms with Crippen molar-refractivity contribution in [3.8, 4) is 11.5 Å². The Labute approximate surface area is 163 Å². The predicted molar refractivity (Wildman–Crippen MR) is 110 cm³/mol. The van der Waals surface area contributed by atoms with E-state index in [1.54, 1.807) is 0 Å². The average Bonchev–Trinajstić information content (AvgIpc) is 3.13. The normalized spacial score (nSPS) is 10.5. The number of anilines is 1. The third kappa shape index (κ3) is 4.89. The van der Waals surface area contributed by atoms with Crippen LogP contribution in [0.25, 0.3) is 0 Å². The van der Waals surface area contributed by atoms with Crippen LogP contribution in [0, 0.1) is 13.8 Å². The Morgan fingerprint density at radius 2 is 1.78 bits per heavy atom. The van der Waals surface area contributed by atoms with Gasteiger partial charge in [0, 0.05) is 11.3 Å². The number of ether oxygens (including phenoxy) is 2. The fourth-order valence-electron chi connectivity index (χ4n) is 2.63. The number of amides is 1. The molecular weight excluding hydrogens is 358 g/mol. The molecule has 0 aliphatic heterocycles. The minimum Gasteiger partial charge on any atom is -0.490 e. The van der Waals surface area contributed by atoms with Crippen molar-refractivity contribution in [2.24, 2.45) is 0 Å². The lowest BCUT2D eigenvalue weighted by atomic mass is 10.1. The zero-order valence-corrected chi connectivity index (χ0v) is 16.6. The van der Waals surface area contributed by atoms with E-state index in [0.717, 1.165) is 28.1 Å². The van der Waals surface area contributed by atoms with Gasteiger partial charge >= 0.3 is 0 Å². The van der Waals surface area contributed by atoms with Gasteiger partial charge in [-0.05, 0) is 61.5 Å². The molecule has 0 aliphatic carbocycles. The Bertz CT molecular complexity index is 933. The van der Waals surface area contributed by atoms with Gasteiger partial charge in [-0.1, -0.05) is 24.3 Å². The number of carbonyl (C=O) groups excluding carboxylic acids is 1. The summed E-state index contributed by atoms with van der Waals surface area (Å²) >= 11 is 1.41. The van der Waals surface area contributed by atoms with Crippen LogP contribution in [-0.4, -0.2) is 12.5 Å². The van der Waals surface area contributed by atoms with Crippen LogP contribution < -0.4 is 14.8 Å². The molecule has 140 valence electrons. The molecular formula is C22H23NO3S. The first-order chi connectivity index (χ1) is 13.1. The van der Waals surface area contributed by atoms with E-state index in [9.17, 15) is 4.79 Å². The number of rotatable bonds is 7. The molecule has 1 aromatic heterocycles. The van der Waals surface area contributed by atoms with Gasteiger partial charge in [0.1, 0.15) is 6.61 Å². The first-order valence-corrected chi connectivity index (χ1v) is 9.75. The van der Waals surface area contributed by atoms with Gasteiger partial charge < -0.3 is 14.8 Å². The van der Waals surface area contributed by atoms with Crippen LogP contribution in [0.15, 0.2) is 53.9 Å². The highest BCUT2D eigenvalue weighted by Gasteiger charge is 2.12. The minimum atomic E-state index is -0.102. The average molecular weight is 381 g/mol. The summed E-state index contributed by atoms with van der Waals surface area (Å²) in [7, 11) is 0. The molecule has 0 unspecified atom stereocenters. The fourth-order valence-corrected chi connectivity index (χ4v) is 3.42. The van der Waals surface area contributed by atoms with E-state index >= 15 is 0 Å². The molecule has 1 N–H and O–H groups in total. The molecule has 2 aromatic carbocycles. The van der Waals surface area contributed by atoms with E-state index in [1.165, 1.54) is 11.3 Å². The fraction of sp³-hybridized carbons (Fsp3) is 0.227. The summed E-state index contributed by atoms with van der Waals surface area (Å²) in [6.07, 6.45) is 0. The Hall–Kier alpha value is -2.79. The number of nitrogens with one attached hydrogen (secondary N) is 1. The van der Waals surface area contributed by atoms with Crippen LogP contribution in [0.1, 0.15) is 33.3 Å². The van der Waals surface area contributed by atoms with E-state index in [-0.39, 0.29) is 5.91 Å². The maximum atomic E-state index is 12.5. The second kappa shape index (κ2) is 8.73. The maximum absolute atomic E-state index is 12.5. The molecule has 27 heavy (non-hydrogen) atoms. The summed E-state index contributed by atoms with van der Waals surface area (Å²) in [5.41, 5.74) is 3.96. The van der Waals surface area contributed by atoms with Crippen LogP contribution in [0.2, 0.25) is 0 Å². The molecule has 3 aromatic rings. The lowest BCUT2D eigenvalue weighted by Crippen LogP contribution is -2.11. The quantitative estimate of drug-likeness (QED) is 0.580. The van der Waals surface area contributed by atoms with E-state index in [4.69, 9.17) is 9.47 Å². The predicted octanol–water partition coefficient (Wildman–Crippen LogP) is 5.59. The molecule has 0 saturated carbocycles. The van der Waals surface area contributed by atoms with Crippen LogP contribution in [0.5, 0.6) is 11.5 Å². The van der Waals surface area contributed by atoms with Gasteiger partial charge in [-0.15, -0.1) is 11.3 Å². The minimum absolute atomic E-state index is 0.102. The smallest absolute Gasteiger partial charge is 0.265 e. The zero-order chi connectivity index (χ0) is 19.2. The lowest BCUT2D eigenvalue weighted by molar-refractivity contribution is 0.103. The molecule has 0 radical (unpaired) electrons. The van der Waals surface area contributed by atoms with Crippen molar-refractivity contribution in [3.05, 3.63) is 75.5 Å². The van der Waals surface area contributed by atoms with Crippen LogP contribution in [0.3, 0.4) is 0 Å². The Morgan fingerprint density at radius 3 is 2.52 bits per heavy atom. The lowest BCUT2D eigenvalue weighted by Gasteiger charge is -2.10. The number of carbonyl (C=O) groups is 1. The number of hydrogen-bond donors (Lipinski definition) is 1. The van der Waals surface area contributed by atoms with Gasteiger partial charge in [0.25, 0.3) is 5.91 Å². The molecule has 1 heterocycles. The summed E-state index contributed by atoms with van der Waals surface area (Å²) < 4.78 is 11.4. The molecule has 5 heteroatoms. The van der Waals surface area contributed by atoms with Crippen molar-refractivity contribution < 1.29 is 14.3 Å². The molecule has 1 amide bonds.